The van der Waals surface area contributed by atoms with Gasteiger partial charge in [-0.05, 0) is 48.4 Å². The molecule has 3 atom stereocenters. The van der Waals surface area contributed by atoms with Crippen molar-refractivity contribution in [2.24, 2.45) is 5.92 Å². The number of hydrogen-bond donors (Lipinski definition) is 2. The number of anilines is 1. The fourth-order valence-electron chi connectivity index (χ4n) is 5.70. The van der Waals surface area contributed by atoms with Gasteiger partial charge in [0.15, 0.2) is 0 Å². The number of pyridine rings is 1. The maximum Gasteiger partial charge on any atom is 0.251 e. The second-order valence-corrected chi connectivity index (χ2v) is 10.7. The minimum atomic E-state index is -1.45. The van der Waals surface area contributed by atoms with E-state index in [1.54, 1.807) is 24.3 Å². The van der Waals surface area contributed by atoms with Gasteiger partial charge in [0.25, 0.3) is 5.91 Å². The van der Waals surface area contributed by atoms with E-state index in [2.05, 4.69) is 15.6 Å². The van der Waals surface area contributed by atoms with Crippen molar-refractivity contribution in [3.8, 4) is 5.75 Å². The Morgan fingerprint density at radius 3 is 2.82 bits per heavy atom. The first-order valence-corrected chi connectivity index (χ1v) is 14.3. The van der Waals surface area contributed by atoms with E-state index in [-0.39, 0.29) is 34.0 Å². The molecule has 0 aliphatic carbocycles. The molecular formula is C27H24Cl2FIN4O3. The van der Waals surface area contributed by atoms with Crippen LogP contribution in [-0.2, 0) is 21.7 Å². The number of nitrogens with one attached hydrogen (secondary N) is 2. The fourth-order valence-corrected chi connectivity index (χ4v) is 6.41. The van der Waals surface area contributed by atoms with Gasteiger partial charge in [-0.15, -0.1) is 0 Å². The molecular weight excluding hydrogens is 645 g/mol. The largest absolute Gasteiger partial charge is 0.494 e. The maximum atomic E-state index is 15.7. The highest BCUT2D eigenvalue weighted by Crippen LogP contribution is 2.57. The van der Waals surface area contributed by atoms with Crippen LogP contribution < -0.4 is 15.4 Å². The van der Waals surface area contributed by atoms with Crippen LogP contribution in [0.3, 0.4) is 0 Å². The van der Waals surface area contributed by atoms with Gasteiger partial charge in [-0.3, -0.25) is 14.5 Å². The molecule has 3 aromatic rings. The molecule has 5 rings (SSSR count). The zero-order chi connectivity index (χ0) is 27.0. The number of benzene rings is 2. The van der Waals surface area contributed by atoms with Gasteiger partial charge in [0.1, 0.15) is 28.1 Å². The predicted molar refractivity (Wildman–Crippen MR) is 152 cm³/mol. The zero-order valence-electron chi connectivity index (χ0n) is 20.3. The number of nitrogens with zero attached hydrogens (tertiary/aromatic N) is 2. The van der Waals surface area contributed by atoms with E-state index in [1.807, 2.05) is 58.7 Å². The molecule has 3 heterocycles. The van der Waals surface area contributed by atoms with Crippen molar-refractivity contribution in [1.29, 1.82) is 0 Å². The molecule has 1 saturated heterocycles. The van der Waals surface area contributed by atoms with Crippen LogP contribution in [0.2, 0.25) is 10.2 Å². The van der Waals surface area contributed by atoms with Crippen LogP contribution in [0.25, 0.3) is 0 Å². The highest BCUT2D eigenvalue weighted by atomic mass is 127. The molecule has 0 radical (unpaired) electrons. The molecule has 198 valence electrons. The lowest BCUT2D eigenvalue weighted by Gasteiger charge is -2.38. The number of carbonyl (C=O) groups excluding carboxylic acids is 2. The molecule has 7 nitrogen and oxygen atoms in total. The Morgan fingerprint density at radius 1 is 1.26 bits per heavy atom. The molecule has 1 fully saturated rings. The van der Waals surface area contributed by atoms with Gasteiger partial charge >= 0.3 is 0 Å². The summed E-state index contributed by atoms with van der Waals surface area (Å²) in [6, 6.07) is 15.5. The van der Waals surface area contributed by atoms with Crippen LogP contribution in [0, 0.1) is 11.7 Å². The predicted octanol–water partition coefficient (Wildman–Crippen LogP) is 5.50. The van der Waals surface area contributed by atoms with E-state index in [1.165, 1.54) is 6.07 Å². The van der Waals surface area contributed by atoms with Crippen molar-refractivity contribution in [3.05, 3.63) is 87.3 Å². The maximum absolute atomic E-state index is 15.7. The van der Waals surface area contributed by atoms with Gasteiger partial charge in [-0.25, -0.2) is 9.37 Å². The molecule has 1 spiro atoms. The summed E-state index contributed by atoms with van der Waals surface area (Å²) in [4.78, 5) is 33.9. The fraction of sp³-hybridized carbons (Fsp3) is 0.296. The normalized spacial score (nSPS) is 22.4. The van der Waals surface area contributed by atoms with Crippen molar-refractivity contribution < 1.29 is 18.7 Å². The van der Waals surface area contributed by atoms with E-state index in [4.69, 9.17) is 27.9 Å². The number of ether oxygens (including phenoxy) is 1. The van der Waals surface area contributed by atoms with Crippen molar-refractivity contribution in [2.75, 3.05) is 23.0 Å². The summed E-state index contributed by atoms with van der Waals surface area (Å²) in [5.74, 6) is -2.02. The SMILES string of the molecule is CCOc1cccc(CN2C[C@@H](C(=O)NCI)[C@H](c3cccc(Cl)c3F)[C@]23C(=O)Nc2nc(Cl)ccc23)c1. The number of fused-ring (bicyclic) bond motifs is 2. The monoisotopic (exact) mass is 668 g/mol. The summed E-state index contributed by atoms with van der Waals surface area (Å²) in [6.07, 6.45) is 0. The Bertz CT molecular complexity index is 1410. The van der Waals surface area contributed by atoms with Gasteiger partial charge in [-0.1, -0.05) is 70.1 Å². The molecule has 0 bridgehead atoms. The number of aromatic nitrogens is 1. The molecule has 38 heavy (non-hydrogen) atoms. The van der Waals surface area contributed by atoms with Crippen LogP contribution in [0.5, 0.6) is 5.75 Å². The average Bonchev–Trinajstić information content (AvgIpc) is 3.36. The summed E-state index contributed by atoms with van der Waals surface area (Å²) in [7, 11) is 0. The molecule has 2 aliphatic rings. The Kier molecular flexibility index (Phi) is 7.82. The van der Waals surface area contributed by atoms with E-state index < -0.39 is 29.1 Å². The molecule has 2 amide bonds. The highest BCUT2D eigenvalue weighted by molar-refractivity contribution is 14.1. The summed E-state index contributed by atoms with van der Waals surface area (Å²) in [6.45, 7) is 2.89. The molecule has 1 aromatic heterocycles. The van der Waals surface area contributed by atoms with Crippen molar-refractivity contribution in [3.63, 3.8) is 0 Å². The third kappa shape index (κ3) is 4.53. The van der Waals surface area contributed by atoms with Crippen LogP contribution in [-0.4, -0.2) is 39.4 Å². The first-order chi connectivity index (χ1) is 18.3. The topological polar surface area (TPSA) is 83.6 Å². The average molecular weight is 669 g/mol. The van der Waals surface area contributed by atoms with Crippen LogP contribution >= 0.6 is 45.8 Å². The van der Waals surface area contributed by atoms with Gasteiger partial charge in [-0.2, -0.15) is 0 Å². The summed E-state index contributed by atoms with van der Waals surface area (Å²) >= 11 is 14.4. The number of likely N-dealkylation sites (tertiary alicyclic amines) is 1. The Hall–Kier alpha value is -2.47. The van der Waals surface area contributed by atoms with E-state index in [0.29, 0.717) is 29.0 Å². The molecule has 2 aromatic carbocycles. The van der Waals surface area contributed by atoms with Crippen LogP contribution in [0.15, 0.2) is 54.6 Å². The molecule has 0 saturated carbocycles. The Labute approximate surface area is 243 Å². The lowest BCUT2D eigenvalue weighted by Crippen LogP contribution is -2.50. The number of alkyl halides is 1. The van der Waals surface area contributed by atoms with Gasteiger partial charge in [0.05, 0.1) is 22.1 Å². The van der Waals surface area contributed by atoms with Crippen molar-refractivity contribution in [1.82, 2.24) is 15.2 Å². The minimum Gasteiger partial charge on any atom is -0.494 e. The zero-order valence-corrected chi connectivity index (χ0v) is 24.0. The standard InChI is InChI=1S/C27H24Cl2FIN4O3/c1-2-38-16-6-3-5-15(11-16)12-35-13-18(25(36)32-14-31)22(17-7-4-8-20(28)23(17)30)27(35)19-9-10-21(29)33-24(19)34-26(27)37/h3-11,18,22H,2,12-14H2,1H3,(H,32,36)(H,33,34,37)/t18-,22+,27-/m1/s1. The van der Waals surface area contributed by atoms with Gasteiger partial charge in [0, 0.05) is 24.6 Å². The third-order valence-corrected chi connectivity index (χ3v) is 7.98. The van der Waals surface area contributed by atoms with Gasteiger partial charge in [0.2, 0.25) is 5.91 Å². The van der Waals surface area contributed by atoms with E-state index in [9.17, 15) is 9.59 Å². The van der Waals surface area contributed by atoms with Crippen LogP contribution in [0.4, 0.5) is 10.2 Å². The second-order valence-electron chi connectivity index (χ2n) is 9.11. The lowest BCUT2D eigenvalue weighted by molar-refractivity contribution is -0.127. The smallest absolute Gasteiger partial charge is 0.251 e. The van der Waals surface area contributed by atoms with E-state index in [0.717, 1.165) is 5.56 Å². The van der Waals surface area contributed by atoms with Crippen LogP contribution in [0.1, 0.15) is 29.5 Å². The molecule has 0 unspecified atom stereocenters. The number of rotatable bonds is 7. The van der Waals surface area contributed by atoms with E-state index >= 15 is 4.39 Å². The molecule has 2 aliphatic heterocycles. The minimum absolute atomic E-state index is 0.0820. The number of carbonyl (C=O) groups is 2. The number of amides is 2. The third-order valence-electron chi connectivity index (χ3n) is 7.10. The lowest BCUT2D eigenvalue weighted by atomic mass is 9.71. The highest BCUT2D eigenvalue weighted by Gasteiger charge is 2.65. The first-order valence-electron chi connectivity index (χ1n) is 12.0. The molecule has 2 N–H and O–H groups in total. The number of halogens is 4. The first kappa shape index (κ1) is 27.1. The summed E-state index contributed by atoms with van der Waals surface area (Å²) < 4.78 is 21.7. The quantitative estimate of drug-likeness (QED) is 0.151. The van der Waals surface area contributed by atoms with Crippen molar-refractivity contribution in [2.45, 2.75) is 24.9 Å². The van der Waals surface area contributed by atoms with Gasteiger partial charge < -0.3 is 15.4 Å². The Balaban J connectivity index is 1.74. The summed E-state index contributed by atoms with van der Waals surface area (Å²) in [5.41, 5.74) is 0.142. The Morgan fingerprint density at radius 2 is 2.05 bits per heavy atom. The summed E-state index contributed by atoms with van der Waals surface area (Å²) in [5, 5.41) is 5.84. The number of hydrogen-bond acceptors (Lipinski definition) is 5. The van der Waals surface area contributed by atoms with Crippen molar-refractivity contribution >= 4 is 63.4 Å². The molecule has 11 heteroatoms. The second kappa shape index (κ2) is 11.0.